The van der Waals surface area contributed by atoms with Crippen LogP contribution in [-0.4, -0.2) is 18.4 Å². The standard InChI is InChI=1S/C11H20O3/c1-8(2)13-11(12)14-10-6-4-5-9(3)7-10/h8-10H,4-7H2,1-3H3. The fourth-order valence-electron chi connectivity index (χ4n) is 1.84. The fourth-order valence-corrected chi connectivity index (χ4v) is 1.84. The van der Waals surface area contributed by atoms with Crippen LogP contribution in [0.1, 0.15) is 46.5 Å². The Labute approximate surface area is 85.8 Å². The molecule has 82 valence electrons. The van der Waals surface area contributed by atoms with Crippen molar-refractivity contribution in [1.82, 2.24) is 0 Å². The molecule has 0 aliphatic heterocycles. The molecule has 1 aliphatic rings. The smallest absolute Gasteiger partial charge is 0.432 e. The van der Waals surface area contributed by atoms with Crippen LogP contribution >= 0.6 is 0 Å². The Bertz CT molecular complexity index is 189. The molecule has 0 bridgehead atoms. The van der Waals surface area contributed by atoms with Crippen LogP contribution in [-0.2, 0) is 9.47 Å². The third-order valence-corrected chi connectivity index (χ3v) is 2.48. The van der Waals surface area contributed by atoms with Gasteiger partial charge in [-0.15, -0.1) is 0 Å². The summed E-state index contributed by atoms with van der Waals surface area (Å²) in [5, 5.41) is 0. The molecular formula is C11H20O3. The molecule has 1 fully saturated rings. The van der Waals surface area contributed by atoms with Gasteiger partial charge in [-0.2, -0.15) is 0 Å². The van der Waals surface area contributed by atoms with Crippen LogP contribution in [0.25, 0.3) is 0 Å². The summed E-state index contributed by atoms with van der Waals surface area (Å²) in [6, 6.07) is 0. The van der Waals surface area contributed by atoms with Gasteiger partial charge in [0, 0.05) is 0 Å². The van der Waals surface area contributed by atoms with E-state index in [0.717, 1.165) is 19.3 Å². The van der Waals surface area contributed by atoms with Crippen molar-refractivity contribution in [2.24, 2.45) is 5.92 Å². The first kappa shape index (κ1) is 11.3. The van der Waals surface area contributed by atoms with Crippen LogP contribution in [0.4, 0.5) is 4.79 Å². The van der Waals surface area contributed by atoms with Gasteiger partial charge >= 0.3 is 6.16 Å². The van der Waals surface area contributed by atoms with Gasteiger partial charge in [0.05, 0.1) is 6.10 Å². The van der Waals surface area contributed by atoms with Gasteiger partial charge in [0.1, 0.15) is 6.10 Å². The summed E-state index contributed by atoms with van der Waals surface area (Å²) in [4.78, 5) is 11.2. The van der Waals surface area contributed by atoms with Crippen molar-refractivity contribution in [3.05, 3.63) is 0 Å². The van der Waals surface area contributed by atoms with E-state index in [4.69, 9.17) is 9.47 Å². The van der Waals surface area contributed by atoms with E-state index in [9.17, 15) is 4.79 Å². The lowest BCUT2D eigenvalue weighted by atomic mass is 9.89. The summed E-state index contributed by atoms with van der Waals surface area (Å²) >= 11 is 0. The largest absolute Gasteiger partial charge is 0.508 e. The zero-order valence-electron chi connectivity index (χ0n) is 9.29. The van der Waals surface area contributed by atoms with E-state index in [2.05, 4.69) is 6.92 Å². The molecule has 0 amide bonds. The highest BCUT2D eigenvalue weighted by Gasteiger charge is 2.22. The van der Waals surface area contributed by atoms with Gasteiger partial charge < -0.3 is 9.47 Å². The normalized spacial score (nSPS) is 27.4. The van der Waals surface area contributed by atoms with Crippen molar-refractivity contribution in [1.29, 1.82) is 0 Å². The van der Waals surface area contributed by atoms with E-state index >= 15 is 0 Å². The molecule has 0 aromatic heterocycles. The van der Waals surface area contributed by atoms with Gasteiger partial charge in [-0.3, -0.25) is 0 Å². The van der Waals surface area contributed by atoms with Crippen LogP contribution in [0.15, 0.2) is 0 Å². The predicted octanol–water partition coefficient (Wildman–Crippen LogP) is 3.13. The van der Waals surface area contributed by atoms with Crippen LogP contribution in [0, 0.1) is 5.92 Å². The Balaban J connectivity index is 2.25. The molecule has 2 unspecified atom stereocenters. The summed E-state index contributed by atoms with van der Waals surface area (Å²) in [6.07, 6.45) is 3.83. The maximum absolute atomic E-state index is 11.2. The van der Waals surface area contributed by atoms with Crippen molar-refractivity contribution < 1.29 is 14.3 Å². The van der Waals surface area contributed by atoms with E-state index < -0.39 is 6.16 Å². The minimum Gasteiger partial charge on any atom is -0.432 e. The lowest BCUT2D eigenvalue weighted by Gasteiger charge is -2.26. The Morgan fingerprint density at radius 1 is 1.36 bits per heavy atom. The van der Waals surface area contributed by atoms with E-state index in [1.165, 1.54) is 6.42 Å². The van der Waals surface area contributed by atoms with Crippen molar-refractivity contribution in [2.45, 2.75) is 58.7 Å². The molecule has 1 rings (SSSR count). The highest BCUT2D eigenvalue weighted by atomic mass is 16.7. The Hall–Kier alpha value is -0.730. The second kappa shape index (κ2) is 5.23. The van der Waals surface area contributed by atoms with Crippen LogP contribution in [0.2, 0.25) is 0 Å². The van der Waals surface area contributed by atoms with Crippen molar-refractivity contribution in [2.75, 3.05) is 0 Å². The van der Waals surface area contributed by atoms with Crippen LogP contribution in [0.3, 0.4) is 0 Å². The maximum Gasteiger partial charge on any atom is 0.508 e. The third-order valence-electron chi connectivity index (χ3n) is 2.48. The molecule has 0 aromatic carbocycles. The predicted molar refractivity (Wildman–Crippen MR) is 54.1 cm³/mol. The average Bonchev–Trinajstić information content (AvgIpc) is 2.01. The van der Waals surface area contributed by atoms with E-state index in [0.29, 0.717) is 5.92 Å². The maximum atomic E-state index is 11.2. The number of hydrogen-bond donors (Lipinski definition) is 0. The number of carbonyl (C=O) groups is 1. The minimum atomic E-state index is -0.515. The summed E-state index contributed by atoms with van der Waals surface area (Å²) in [7, 11) is 0. The summed E-state index contributed by atoms with van der Waals surface area (Å²) in [5.74, 6) is 0.667. The Morgan fingerprint density at radius 2 is 2.07 bits per heavy atom. The van der Waals surface area contributed by atoms with Gasteiger partial charge in [-0.05, 0) is 39.0 Å². The topological polar surface area (TPSA) is 35.5 Å². The minimum absolute atomic E-state index is 0.0741. The first-order chi connectivity index (χ1) is 6.58. The molecule has 0 radical (unpaired) electrons. The Kier molecular flexibility index (Phi) is 4.23. The van der Waals surface area contributed by atoms with Gasteiger partial charge in [0.15, 0.2) is 0 Å². The molecule has 0 heterocycles. The van der Waals surface area contributed by atoms with E-state index in [1.54, 1.807) is 0 Å². The third kappa shape index (κ3) is 3.99. The van der Waals surface area contributed by atoms with Crippen molar-refractivity contribution >= 4 is 6.16 Å². The van der Waals surface area contributed by atoms with Gasteiger partial charge in [-0.25, -0.2) is 4.79 Å². The summed E-state index contributed by atoms with van der Waals surface area (Å²) in [5.41, 5.74) is 0. The quantitative estimate of drug-likeness (QED) is 0.642. The highest BCUT2D eigenvalue weighted by molar-refractivity contribution is 5.60. The van der Waals surface area contributed by atoms with E-state index in [-0.39, 0.29) is 12.2 Å². The number of hydrogen-bond acceptors (Lipinski definition) is 3. The molecule has 0 spiro atoms. The number of rotatable bonds is 2. The molecule has 0 aromatic rings. The number of carbonyl (C=O) groups excluding carboxylic acids is 1. The lowest BCUT2D eigenvalue weighted by molar-refractivity contribution is -0.00887. The first-order valence-corrected chi connectivity index (χ1v) is 5.45. The second-order valence-corrected chi connectivity index (χ2v) is 4.43. The highest BCUT2D eigenvalue weighted by Crippen LogP contribution is 2.25. The number of ether oxygens (including phenoxy) is 2. The van der Waals surface area contributed by atoms with E-state index in [1.807, 2.05) is 13.8 Å². The van der Waals surface area contributed by atoms with Crippen molar-refractivity contribution in [3.63, 3.8) is 0 Å². The van der Waals surface area contributed by atoms with Crippen molar-refractivity contribution in [3.8, 4) is 0 Å². The molecule has 2 atom stereocenters. The molecule has 0 saturated heterocycles. The van der Waals surface area contributed by atoms with Crippen LogP contribution < -0.4 is 0 Å². The zero-order valence-corrected chi connectivity index (χ0v) is 9.29. The molecule has 1 saturated carbocycles. The van der Waals surface area contributed by atoms with Gasteiger partial charge in [-0.1, -0.05) is 13.3 Å². The zero-order chi connectivity index (χ0) is 10.6. The summed E-state index contributed by atoms with van der Waals surface area (Å²) < 4.78 is 10.1. The Morgan fingerprint density at radius 3 is 2.64 bits per heavy atom. The molecular weight excluding hydrogens is 180 g/mol. The monoisotopic (exact) mass is 200 g/mol. The molecule has 1 aliphatic carbocycles. The fraction of sp³-hybridized carbons (Fsp3) is 0.909. The average molecular weight is 200 g/mol. The van der Waals surface area contributed by atoms with Gasteiger partial charge in [0.2, 0.25) is 0 Å². The molecule has 14 heavy (non-hydrogen) atoms. The van der Waals surface area contributed by atoms with Crippen LogP contribution in [0.5, 0.6) is 0 Å². The summed E-state index contributed by atoms with van der Waals surface area (Å²) in [6.45, 7) is 5.85. The lowest BCUT2D eigenvalue weighted by Crippen LogP contribution is -2.26. The molecule has 3 heteroatoms. The van der Waals surface area contributed by atoms with Gasteiger partial charge in [0.25, 0.3) is 0 Å². The SMILES string of the molecule is CC1CCCC(OC(=O)OC(C)C)C1. The second-order valence-electron chi connectivity index (χ2n) is 4.43. The first-order valence-electron chi connectivity index (χ1n) is 5.45. The molecule has 3 nitrogen and oxygen atoms in total. The molecule has 0 N–H and O–H groups in total.